The summed E-state index contributed by atoms with van der Waals surface area (Å²) >= 11 is 0. The van der Waals surface area contributed by atoms with E-state index in [0.717, 1.165) is 41.1 Å². The molecule has 1 aliphatic carbocycles. The molecule has 0 N–H and O–H groups in total. The maximum Gasteiger partial charge on any atom is 0.232 e. The second-order valence-corrected chi connectivity index (χ2v) is 7.46. The maximum atomic E-state index is 13.2. The predicted octanol–water partition coefficient (Wildman–Crippen LogP) is 4.92. The first kappa shape index (κ1) is 18.5. The van der Waals surface area contributed by atoms with Crippen LogP contribution in [0.5, 0.6) is 5.75 Å². The number of aryl methyl sites for hydroxylation is 1. The third-order valence-corrected chi connectivity index (χ3v) is 5.56. The number of nitrogens with zero attached hydrogens (tertiary/aromatic N) is 1. The Morgan fingerprint density at radius 3 is 2.39 bits per heavy atom. The van der Waals surface area contributed by atoms with E-state index in [1.54, 1.807) is 4.90 Å². The largest absolute Gasteiger partial charge is 0.494 e. The highest BCUT2D eigenvalue weighted by Crippen LogP contribution is 2.43. The van der Waals surface area contributed by atoms with Crippen LogP contribution in [-0.2, 0) is 9.59 Å². The molecule has 1 atom stereocenters. The molecule has 0 saturated carbocycles. The van der Waals surface area contributed by atoms with Crippen molar-refractivity contribution in [3.63, 3.8) is 0 Å². The third-order valence-electron chi connectivity index (χ3n) is 5.56. The number of carbonyl (C=O) groups excluding carboxylic acids is 2. The smallest absolute Gasteiger partial charge is 0.232 e. The van der Waals surface area contributed by atoms with Gasteiger partial charge in [-0.2, -0.15) is 0 Å². The number of rotatable bonds is 4. The van der Waals surface area contributed by atoms with Gasteiger partial charge in [0.2, 0.25) is 5.91 Å². The van der Waals surface area contributed by atoms with Crippen LogP contribution in [0, 0.1) is 6.92 Å². The minimum Gasteiger partial charge on any atom is -0.494 e. The van der Waals surface area contributed by atoms with E-state index < -0.39 is 0 Å². The van der Waals surface area contributed by atoms with Crippen LogP contribution in [0.25, 0.3) is 0 Å². The number of allylic oxidation sites excluding steroid dienone is 2. The molecule has 1 amide bonds. The van der Waals surface area contributed by atoms with Crippen LogP contribution in [0.2, 0.25) is 0 Å². The summed E-state index contributed by atoms with van der Waals surface area (Å²) in [6, 6.07) is 15.8. The minimum absolute atomic E-state index is 0.0446. The molecular formula is C24H25NO3. The van der Waals surface area contributed by atoms with E-state index in [9.17, 15) is 9.59 Å². The van der Waals surface area contributed by atoms with Crippen LogP contribution in [0.1, 0.15) is 49.7 Å². The van der Waals surface area contributed by atoms with Crippen LogP contribution in [-0.4, -0.2) is 18.3 Å². The highest BCUT2D eigenvalue weighted by atomic mass is 16.5. The molecule has 1 aliphatic heterocycles. The number of Topliss-reactive ketones (excluding diaryl/α,β-unsaturated/α-hetero) is 1. The number of benzene rings is 2. The molecule has 0 spiro atoms. The zero-order valence-corrected chi connectivity index (χ0v) is 16.4. The first-order valence-corrected chi connectivity index (χ1v) is 9.97. The van der Waals surface area contributed by atoms with Crippen molar-refractivity contribution in [2.45, 2.75) is 45.4 Å². The third kappa shape index (κ3) is 3.35. The fraction of sp³-hybridized carbons (Fsp3) is 0.333. The normalized spacial score (nSPS) is 19.6. The molecule has 28 heavy (non-hydrogen) atoms. The molecule has 4 nitrogen and oxygen atoms in total. The summed E-state index contributed by atoms with van der Waals surface area (Å²) in [5, 5.41) is 0. The topological polar surface area (TPSA) is 46.6 Å². The van der Waals surface area contributed by atoms with Gasteiger partial charge >= 0.3 is 0 Å². The minimum atomic E-state index is -0.144. The molecule has 2 aromatic rings. The second kappa shape index (κ2) is 7.63. The van der Waals surface area contributed by atoms with Crippen molar-refractivity contribution in [2.75, 3.05) is 11.5 Å². The van der Waals surface area contributed by atoms with Crippen LogP contribution in [0.15, 0.2) is 59.8 Å². The van der Waals surface area contributed by atoms with Crippen molar-refractivity contribution in [1.82, 2.24) is 0 Å². The average molecular weight is 375 g/mol. The Hall–Kier alpha value is -2.88. The Labute approximate surface area is 165 Å². The van der Waals surface area contributed by atoms with E-state index in [4.69, 9.17) is 4.74 Å². The molecule has 2 aromatic carbocycles. The van der Waals surface area contributed by atoms with E-state index in [-0.39, 0.29) is 17.6 Å². The Balaban J connectivity index is 1.77. The Morgan fingerprint density at radius 1 is 1.00 bits per heavy atom. The van der Waals surface area contributed by atoms with Crippen LogP contribution in [0.4, 0.5) is 5.69 Å². The van der Waals surface area contributed by atoms with Crippen molar-refractivity contribution >= 4 is 17.4 Å². The molecule has 0 fully saturated rings. The highest BCUT2D eigenvalue weighted by Gasteiger charge is 2.39. The van der Waals surface area contributed by atoms with Crippen LogP contribution in [0.3, 0.4) is 0 Å². The summed E-state index contributed by atoms with van der Waals surface area (Å²) in [6.07, 6.45) is 2.43. The molecule has 1 heterocycles. The molecule has 2 aliphatic rings. The van der Waals surface area contributed by atoms with Gasteiger partial charge in [-0.3, -0.25) is 14.5 Å². The number of ketones is 1. The lowest BCUT2D eigenvalue weighted by molar-refractivity contribution is -0.119. The van der Waals surface area contributed by atoms with Crippen molar-refractivity contribution in [1.29, 1.82) is 0 Å². The zero-order valence-electron chi connectivity index (χ0n) is 16.4. The van der Waals surface area contributed by atoms with E-state index in [0.29, 0.717) is 19.4 Å². The van der Waals surface area contributed by atoms with Crippen molar-refractivity contribution in [3.8, 4) is 5.75 Å². The number of hydrogen-bond acceptors (Lipinski definition) is 3. The summed E-state index contributed by atoms with van der Waals surface area (Å²) in [4.78, 5) is 27.8. The van der Waals surface area contributed by atoms with Crippen molar-refractivity contribution in [2.24, 2.45) is 0 Å². The van der Waals surface area contributed by atoms with Gasteiger partial charge in [0, 0.05) is 35.7 Å². The number of hydrogen-bond donors (Lipinski definition) is 0. The lowest BCUT2D eigenvalue weighted by atomic mass is 9.77. The highest BCUT2D eigenvalue weighted by molar-refractivity contribution is 6.07. The summed E-state index contributed by atoms with van der Waals surface area (Å²) in [7, 11) is 0. The zero-order chi connectivity index (χ0) is 19.7. The standard InChI is InChI=1S/C24H25NO3/c1-3-28-19-13-11-18(12-14-19)25-21-5-4-6-22(26)24(21)20(15-23(25)27)17-9-7-16(2)8-10-17/h7-14,20H,3-6,15H2,1-2H3. The molecule has 1 unspecified atom stereocenters. The average Bonchev–Trinajstić information content (AvgIpc) is 2.69. The second-order valence-electron chi connectivity index (χ2n) is 7.46. The molecule has 4 heteroatoms. The Kier molecular flexibility index (Phi) is 5.03. The fourth-order valence-corrected chi connectivity index (χ4v) is 4.23. The van der Waals surface area contributed by atoms with Gasteiger partial charge in [0.15, 0.2) is 5.78 Å². The lowest BCUT2D eigenvalue weighted by Gasteiger charge is -2.38. The van der Waals surface area contributed by atoms with Gasteiger partial charge in [-0.25, -0.2) is 0 Å². The van der Waals surface area contributed by atoms with Gasteiger partial charge in [-0.15, -0.1) is 0 Å². The van der Waals surface area contributed by atoms with Gasteiger partial charge < -0.3 is 4.74 Å². The summed E-state index contributed by atoms with van der Waals surface area (Å²) in [6.45, 7) is 4.59. The molecule has 0 aromatic heterocycles. The van der Waals surface area contributed by atoms with Gasteiger partial charge in [0.25, 0.3) is 0 Å². The van der Waals surface area contributed by atoms with Crippen LogP contribution >= 0.6 is 0 Å². The van der Waals surface area contributed by atoms with Gasteiger partial charge in [0.05, 0.1) is 6.61 Å². The number of ether oxygens (including phenoxy) is 1. The molecule has 0 radical (unpaired) electrons. The molecule has 0 saturated heterocycles. The van der Waals surface area contributed by atoms with E-state index >= 15 is 0 Å². The molecular weight excluding hydrogens is 350 g/mol. The van der Waals surface area contributed by atoms with Crippen molar-refractivity contribution in [3.05, 3.63) is 70.9 Å². The number of amides is 1. The molecule has 0 bridgehead atoms. The monoisotopic (exact) mass is 375 g/mol. The first-order chi connectivity index (χ1) is 13.6. The Bertz CT molecular complexity index is 925. The van der Waals surface area contributed by atoms with Crippen molar-refractivity contribution < 1.29 is 14.3 Å². The lowest BCUT2D eigenvalue weighted by Crippen LogP contribution is -2.40. The van der Waals surface area contributed by atoms with Gasteiger partial charge in [-0.05, 0) is 56.5 Å². The van der Waals surface area contributed by atoms with Crippen LogP contribution < -0.4 is 9.64 Å². The quantitative estimate of drug-likeness (QED) is 0.762. The van der Waals surface area contributed by atoms with Gasteiger partial charge in [0.1, 0.15) is 5.75 Å². The summed E-state index contributed by atoms with van der Waals surface area (Å²) in [5.41, 5.74) is 4.72. The summed E-state index contributed by atoms with van der Waals surface area (Å²) < 4.78 is 5.51. The predicted molar refractivity (Wildman–Crippen MR) is 110 cm³/mol. The molecule has 4 rings (SSSR count). The first-order valence-electron chi connectivity index (χ1n) is 9.97. The Morgan fingerprint density at radius 2 is 1.71 bits per heavy atom. The SMILES string of the molecule is CCOc1ccc(N2C(=O)CC(c3ccc(C)cc3)C3=C2CCCC3=O)cc1. The van der Waals surface area contributed by atoms with Gasteiger partial charge in [-0.1, -0.05) is 29.8 Å². The number of anilines is 1. The van der Waals surface area contributed by atoms with E-state index in [2.05, 4.69) is 0 Å². The summed E-state index contributed by atoms with van der Waals surface area (Å²) in [5.74, 6) is 0.857. The fourth-order valence-electron chi connectivity index (χ4n) is 4.23. The number of carbonyl (C=O) groups is 2. The van der Waals surface area contributed by atoms with E-state index in [1.807, 2.05) is 62.4 Å². The molecule has 144 valence electrons. The van der Waals surface area contributed by atoms with E-state index in [1.165, 1.54) is 5.56 Å². The maximum absolute atomic E-state index is 13.2.